The smallest absolute Gasteiger partial charge is 0.328 e. The van der Waals surface area contributed by atoms with E-state index in [0.717, 1.165) is 12.8 Å². The number of esters is 1. The van der Waals surface area contributed by atoms with Crippen molar-refractivity contribution >= 4 is 18.0 Å². The molecule has 8 nitrogen and oxygen atoms in total. The molecular formula is C13H22N2O6. The number of rotatable bonds is 5. The first kappa shape index (κ1) is 17.2. The topological polar surface area (TPSA) is 116 Å². The van der Waals surface area contributed by atoms with Crippen LogP contribution in [-0.4, -0.2) is 64.4 Å². The highest BCUT2D eigenvalue weighted by Crippen LogP contribution is 2.18. The quantitative estimate of drug-likeness (QED) is 0.613. The van der Waals surface area contributed by atoms with Crippen molar-refractivity contribution in [2.45, 2.75) is 51.3 Å². The number of ether oxygens (including phenoxy) is 1. The molecule has 1 rings (SSSR count). The van der Waals surface area contributed by atoms with Crippen LogP contribution in [0.25, 0.3) is 0 Å². The molecule has 0 aromatic heterocycles. The first-order valence-electron chi connectivity index (χ1n) is 7.03. The molecule has 0 spiro atoms. The van der Waals surface area contributed by atoms with Crippen molar-refractivity contribution in [1.29, 1.82) is 0 Å². The molecule has 0 radical (unpaired) electrons. The molecule has 1 aliphatic rings. The number of aliphatic hydroxyl groups excluding tert-OH is 1. The molecule has 1 heterocycles. The van der Waals surface area contributed by atoms with Crippen LogP contribution in [0.3, 0.4) is 0 Å². The van der Waals surface area contributed by atoms with Gasteiger partial charge in [-0.15, -0.1) is 0 Å². The lowest BCUT2D eigenvalue weighted by atomic mass is 10.0. The molecule has 3 N–H and O–H groups in total. The van der Waals surface area contributed by atoms with E-state index < -0.39 is 36.2 Å². The summed E-state index contributed by atoms with van der Waals surface area (Å²) in [7, 11) is 0. The van der Waals surface area contributed by atoms with Gasteiger partial charge in [-0.1, -0.05) is 0 Å². The highest BCUT2D eigenvalue weighted by Gasteiger charge is 2.35. The summed E-state index contributed by atoms with van der Waals surface area (Å²) in [5.74, 6) is -1.82. The molecule has 1 saturated heterocycles. The minimum Gasteiger partial charge on any atom is -0.480 e. The number of hydrogen-bond acceptors (Lipinski definition) is 5. The largest absolute Gasteiger partial charge is 0.480 e. The Morgan fingerprint density at radius 1 is 1.38 bits per heavy atom. The Morgan fingerprint density at radius 2 is 2.05 bits per heavy atom. The third-order valence-electron chi connectivity index (χ3n) is 3.35. The number of urea groups is 1. The number of amides is 2. The molecule has 120 valence electrons. The molecule has 3 atom stereocenters. The van der Waals surface area contributed by atoms with Crippen LogP contribution in [0, 0.1) is 0 Å². The summed E-state index contributed by atoms with van der Waals surface area (Å²) in [6.45, 7) is 3.52. The summed E-state index contributed by atoms with van der Waals surface area (Å²) < 4.78 is 4.94. The van der Waals surface area contributed by atoms with Crippen LogP contribution >= 0.6 is 0 Å². The van der Waals surface area contributed by atoms with Crippen LogP contribution in [0.4, 0.5) is 4.79 Å². The number of carboxylic acids is 1. The molecule has 0 aromatic rings. The molecule has 2 amide bonds. The van der Waals surface area contributed by atoms with Crippen molar-refractivity contribution in [3.8, 4) is 0 Å². The molecule has 21 heavy (non-hydrogen) atoms. The Balaban J connectivity index is 2.77. The van der Waals surface area contributed by atoms with Gasteiger partial charge in [-0.2, -0.15) is 0 Å². The fourth-order valence-corrected chi connectivity index (χ4v) is 2.26. The molecule has 0 bridgehead atoms. The highest BCUT2D eigenvalue weighted by atomic mass is 16.5. The first-order chi connectivity index (χ1) is 9.88. The van der Waals surface area contributed by atoms with E-state index in [1.165, 1.54) is 11.8 Å². The van der Waals surface area contributed by atoms with E-state index in [0.29, 0.717) is 13.0 Å². The third-order valence-corrected chi connectivity index (χ3v) is 3.35. The lowest BCUT2D eigenvalue weighted by Gasteiger charge is -2.34. The summed E-state index contributed by atoms with van der Waals surface area (Å²) in [6, 6.07) is -2.80. The summed E-state index contributed by atoms with van der Waals surface area (Å²) in [4.78, 5) is 36.3. The van der Waals surface area contributed by atoms with Gasteiger partial charge in [0, 0.05) is 6.54 Å². The molecule has 0 aromatic carbocycles. The predicted octanol–water partition coefficient (Wildman–Crippen LogP) is -0.0524. The van der Waals surface area contributed by atoms with Crippen LogP contribution in [0.15, 0.2) is 0 Å². The lowest BCUT2D eigenvalue weighted by Crippen LogP contribution is -2.57. The normalized spacial score (nSPS) is 21.3. The number of aliphatic carboxylic acids is 1. The fraction of sp³-hybridized carbons (Fsp3) is 0.769. The maximum Gasteiger partial charge on any atom is 0.328 e. The van der Waals surface area contributed by atoms with Crippen molar-refractivity contribution in [2.75, 3.05) is 13.2 Å². The fourth-order valence-electron chi connectivity index (χ4n) is 2.26. The number of carbonyl (C=O) groups is 3. The van der Waals surface area contributed by atoms with Gasteiger partial charge in [-0.25, -0.2) is 14.4 Å². The van der Waals surface area contributed by atoms with E-state index in [-0.39, 0.29) is 6.61 Å². The van der Waals surface area contributed by atoms with Gasteiger partial charge in [0.2, 0.25) is 0 Å². The van der Waals surface area contributed by atoms with E-state index in [1.54, 1.807) is 6.92 Å². The van der Waals surface area contributed by atoms with Crippen molar-refractivity contribution in [3.05, 3.63) is 0 Å². The average molecular weight is 302 g/mol. The van der Waals surface area contributed by atoms with Gasteiger partial charge in [-0.3, -0.25) is 0 Å². The maximum atomic E-state index is 12.2. The summed E-state index contributed by atoms with van der Waals surface area (Å²) in [5.41, 5.74) is 0. The lowest BCUT2D eigenvalue weighted by molar-refractivity contribution is -0.149. The van der Waals surface area contributed by atoms with Crippen LogP contribution in [0.2, 0.25) is 0 Å². The van der Waals surface area contributed by atoms with Gasteiger partial charge in [-0.05, 0) is 33.1 Å². The van der Waals surface area contributed by atoms with Gasteiger partial charge < -0.3 is 25.2 Å². The van der Waals surface area contributed by atoms with Crippen LogP contribution in [0.1, 0.15) is 33.1 Å². The standard InChI is InChI=1S/C13H22N2O6/c1-3-21-12(19)9-6-4-5-7-15(9)13(20)14-10(8(2)16)11(17)18/h8-10,16H,3-7H2,1-2H3,(H,14,20)(H,17,18)/t8-,9?,10+/m1/s1. The Bertz CT molecular complexity index is 398. The Labute approximate surface area is 123 Å². The Morgan fingerprint density at radius 3 is 2.57 bits per heavy atom. The van der Waals surface area contributed by atoms with E-state index >= 15 is 0 Å². The number of likely N-dealkylation sites (tertiary alicyclic amines) is 1. The van der Waals surface area contributed by atoms with Gasteiger partial charge in [0.1, 0.15) is 6.04 Å². The first-order valence-corrected chi connectivity index (χ1v) is 7.03. The number of carboxylic acid groups (broad SMARTS) is 1. The highest BCUT2D eigenvalue weighted by molar-refractivity contribution is 5.87. The molecular weight excluding hydrogens is 280 g/mol. The zero-order valence-corrected chi connectivity index (χ0v) is 12.2. The molecule has 0 saturated carbocycles. The summed E-state index contributed by atoms with van der Waals surface area (Å²) >= 11 is 0. The number of aliphatic hydroxyl groups is 1. The zero-order valence-electron chi connectivity index (χ0n) is 12.2. The minimum absolute atomic E-state index is 0.218. The van der Waals surface area contributed by atoms with Crippen molar-refractivity contribution in [3.63, 3.8) is 0 Å². The second-order valence-corrected chi connectivity index (χ2v) is 4.96. The zero-order chi connectivity index (χ0) is 16.0. The number of nitrogens with zero attached hydrogens (tertiary/aromatic N) is 1. The molecule has 1 fully saturated rings. The van der Waals surface area contributed by atoms with Crippen LogP contribution < -0.4 is 5.32 Å². The number of hydrogen-bond donors (Lipinski definition) is 3. The molecule has 0 aliphatic carbocycles. The predicted molar refractivity (Wildman–Crippen MR) is 72.6 cm³/mol. The van der Waals surface area contributed by atoms with Gasteiger partial charge in [0.25, 0.3) is 0 Å². The van der Waals surface area contributed by atoms with Gasteiger partial charge in [0.15, 0.2) is 6.04 Å². The van der Waals surface area contributed by atoms with Crippen molar-refractivity contribution in [1.82, 2.24) is 10.2 Å². The van der Waals surface area contributed by atoms with Gasteiger partial charge in [0.05, 0.1) is 12.7 Å². The van der Waals surface area contributed by atoms with Crippen LogP contribution in [-0.2, 0) is 14.3 Å². The van der Waals surface area contributed by atoms with Crippen LogP contribution in [0.5, 0.6) is 0 Å². The SMILES string of the molecule is CCOC(=O)C1CCCCN1C(=O)N[C@H](C(=O)O)[C@@H](C)O. The van der Waals surface area contributed by atoms with Gasteiger partial charge >= 0.3 is 18.0 Å². The van der Waals surface area contributed by atoms with Crippen molar-refractivity contribution < 1.29 is 29.3 Å². The third kappa shape index (κ3) is 4.59. The van der Waals surface area contributed by atoms with Crippen molar-refractivity contribution in [2.24, 2.45) is 0 Å². The summed E-state index contributed by atoms with van der Waals surface area (Å²) in [6.07, 6.45) is 0.776. The number of nitrogens with one attached hydrogen (secondary N) is 1. The average Bonchev–Trinajstić information content (AvgIpc) is 2.44. The Hall–Kier alpha value is -1.83. The second kappa shape index (κ2) is 7.82. The number of piperidine rings is 1. The maximum absolute atomic E-state index is 12.2. The second-order valence-electron chi connectivity index (χ2n) is 4.96. The van der Waals surface area contributed by atoms with E-state index in [4.69, 9.17) is 9.84 Å². The monoisotopic (exact) mass is 302 g/mol. The number of carbonyl (C=O) groups excluding carboxylic acids is 2. The minimum atomic E-state index is -1.41. The van der Waals surface area contributed by atoms with E-state index in [2.05, 4.69) is 5.32 Å². The Kier molecular flexibility index (Phi) is 6.41. The van der Waals surface area contributed by atoms with E-state index in [1.807, 2.05) is 0 Å². The summed E-state index contributed by atoms with van der Waals surface area (Å²) in [5, 5.41) is 20.6. The molecule has 1 unspecified atom stereocenters. The molecule has 8 heteroatoms. The van der Waals surface area contributed by atoms with E-state index in [9.17, 15) is 19.5 Å². The molecule has 1 aliphatic heterocycles.